The number of allylic oxidation sites excluding steroid dienone is 1. The number of methoxy groups -OCH3 is 4. The quantitative estimate of drug-likeness (QED) is 0.537. The number of rotatable bonds is 6. The van der Waals surface area contributed by atoms with Gasteiger partial charge in [-0.15, -0.1) is 0 Å². The van der Waals surface area contributed by atoms with Crippen molar-refractivity contribution in [2.75, 3.05) is 39.1 Å². The van der Waals surface area contributed by atoms with E-state index in [1.54, 1.807) is 28.4 Å². The molecule has 1 aliphatic carbocycles. The molecule has 0 spiro atoms. The van der Waals surface area contributed by atoms with E-state index in [-0.39, 0.29) is 11.7 Å². The van der Waals surface area contributed by atoms with E-state index in [0.717, 1.165) is 22.6 Å². The molecule has 0 saturated carbocycles. The minimum atomic E-state index is -0.538. The van der Waals surface area contributed by atoms with Gasteiger partial charge in [0.1, 0.15) is 5.75 Å². The normalized spacial score (nSPS) is 19.0. The predicted octanol–water partition coefficient (Wildman–Crippen LogP) is 4.08. The maximum Gasteiger partial charge on any atom is 0.219 e. The van der Waals surface area contributed by atoms with Gasteiger partial charge in [0.05, 0.1) is 34.5 Å². The number of nitrogens with zero attached hydrogens (tertiary/aromatic N) is 2. The summed E-state index contributed by atoms with van der Waals surface area (Å²) in [6.45, 7) is 0. The molecular weight excluding hydrogens is 452 g/mol. The van der Waals surface area contributed by atoms with Gasteiger partial charge in [0.2, 0.25) is 17.4 Å². The molecule has 10 nitrogen and oxygen atoms in total. The van der Waals surface area contributed by atoms with Crippen LogP contribution in [0.2, 0.25) is 0 Å². The summed E-state index contributed by atoms with van der Waals surface area (Å²) < 4.78 is 26.8. The van der Waals surface area contributed by atoms with E-state index in [9.17, 15) is 4.79 Å². The molecule has 0 saturated heterocycles. The van der Waals surface area contributed by atoms with Crippen LogP contribution >= 0.6 is 0 Å². The van der Waals surface area contributed by atoms with Gasteiger partial charge in [-0.05, 0) is 58.0 Å². The number of benzene rings is 2. The Balaban J connectivity index is 1.60. The molecule has 0 amide bonds. The Morgan fingerprint density at radius 2 is 1.54 bits per heavy atom. The van der Waals surface area contributed by atoms with E-state index in [4.69, 9.17) is 23.6 Å². The van der Waals surface area contributed by atoms with Gasteiger partial charge in [-0.25, -0.2) is 4.63 Å². The van der Waals surface area contributed by atoms with Crippen LogP contribution in [0.3, 0.4) is 0 Å². The Labute approximate surface area is 202 Å². The Kier molecular flexibility index (Phi) is 5.94. The number of hydrogen-bond donors (Lipinski definition) is 2. The van der Waals surface area contributed by atoms with Gasteiger partial charge < -0.3 is 29.6 Å². The van der Waals surface area contributed by atoms with Gasteiger partial charge >= 0.3 is 0 Å². The molecule has 2 aromatic carbocycles. The number of ketones is 1. The summed E-state index contributed by atoms with van der Waals surface area (Å²) in [7, 11) is 6.29. The number of nitrogens with one attached hydrogen (secondary N) is 2. The van der Waals surface area contributed by atoms with Gasteiger partial charge in [-0.1, -0.05) is 12.1 Å². The van der Waals surface area contributed by atoms with Gasteiger partial charge in [0.25, 0.3) is 0 Å². The molecule has 1 aromatic heterocycles. The number of anilines is 2. The second-order valence-electron chi connectivity index (χ2n) is 8.32. The fourth-order valence-corrected chi connectivity index (χ4v) is 4.73. The van der Waals surface area contributed by atoms with Crippen molar-refractivity contribution in [1.82, 2.24) is 10.3 Å². The van der Waals surface area contributed by atoms with Crippen LogP contribution in [0.25, 0.3) is 0 Å². The number of Topliss-reactive ketones (excluding diaryl/α,β-unsaturated/α-hetero) is 1. The summed E-state index contributed by atoms with van der Waals surface area (Å²) >= 11 is 0. The van der Waals surface area contributed by atoms with Crippen LogP contribution in [0, 0.1) is 0 Å². The summed E-state index contributed by atoms with van der Waals surface area (Å²) in [6.07, 6.45) is 0.979. The topological polar surface area (TPSA) is 117 Å². The number of fused-ring (bicyclic) bond motifs is 1. The monoisotopic (exact) mass is 478 g/mol. The lowest BCUT2D eigenvalue weighted by Crippen LogP contribution is -2.27. The highest BCUT2D eigenvalue weighted by Gasteiger charge is 2.38. The first-order valence-electron chi connectivity index (χ1n) is 11.1. The zero-order valence-electron chi connectivity index (χ0n) is 19.9. The smallest absolute Gasteiger partial charge is 0.219 e. The van der Waals surface area contributed by atoms with Gasteiger partial charge in [0, 0.05) is 17.7 Å². The Bertz CT molecular complexity index is 1260. The number of hydrogen-bond acceptors (Lipinski definition) is 10. The number of ether oxygens (including phenoxy) is 4. The molecule has 2 unspecified atom stereocenters. The lowest BCUT2D eigenvalue weighted by Gasteiger charge is -2.30. The first kappa shape index (κ1) is 22.6. The highest BCUT2D eigenvalue weighted by Crippen LogP contribution is 2.46. The van der Waals surface area contributed by atoms with Crippen LogP contribution < -0.4 is 29.6 Å². The third-order valence-corrected chi connectivity index (χ3v) is 6.44. The highest BCUT2D eigenvalue weighted by atomic mass is 16.6. The molecular formula is C25H26N4O6. The fraction of sp³-hybridized carbons (Fsp3) is 0.320. The molecule has 5 rings (SSSR count). The number of aromatic nitrogens is 2. The van der Waals surface area contributed by atoms with Crippen molar-refractivity contribution in [2.24, 2.45) is 0 Å². The maximum absolute atomic E-state index is 13.7. The Morgan fingerprint density at radius 1 is 0.857 bits per heavy atom. The Morgan fingerprint density at radius 3 is 2.17 bits per heavy atom. The average Bonchev–Trinajstić information content (AvgIpc) is 3.26. The van der Waals surface area contributed by atoms with Crippen LogP contribution in [0.5, 0.6) is 23.0 Å². The molecule has 0 bridgehead atoms. The van der Waals surface area contributed by atoms with Crippen molar-refractivity contribution < 1.29 is 28.4 Å². The number of carbonyl (C=O) groups is 1. The first-order valence-corrected chi connectivity index (χ1v) is 11.1. The predicted molar refractivity (Wildman–Crippen MR) is 127 cm³/mol. The van der Waals surface area contributed by atoms with Gasteiger partial charge in [-0.2, -0.15) is 0 Å². The summed E-state index contributed by atoms with van der Waals surface area (Å²) in [5, 5.41) is 14.6. The standard InChI is InChI=1S/C25H26N4O6/c1-31-16-7-5-13(6-8-16)14-9-17-21(18(30)10-14)22(27-25-24(26-17)28-35-29-25)15-11-19(32-2)23(34-4)20(12-15)33-3/h5-8,11-12,14,22H,9-10H2,1-4H3,(H,26,28)(H,27,29). The minimum Gasteiger partial charge on any atom is -0.497 e. The molecule has 1 aliphatic heterocycles. The van der Waals surface area contributed by atoms with Crippen molar-refractivity contribution in [3.05, 3.63) is 58.8 Å². The maximum atomic E-state index is 13.7. The van der Waals surface area contributed by atoms with Gasteiger partial charge in [0.15, 0.2) is 17.3 Å². The second kappa shape index (κ2) is 9.21. The van der Waals surface area contributed by atoms with E-state index in [0.29, 0.717) is 47.3 Å². The molecule has 2 atom stereocenters. The lowest BCUT2D eigenvalue weighted by molar-refractivity contribution is -0.116. The molecule has 182 valence electrons. The van der Waals surface area contributed by atoms with Crippen molar-refractivity contribution >= 4 is 17.4 Å². The van der Waals surface area contributed by atoms with E-state index < -0.39 is 6.04 Å². The zero-order valence-corrected chi connectivity index (χ0v) is 19.9. The largest absolute Gasteiger partial charge is 0.497 e. The molecule has 2 aliphatic rings. The third-order valence-electron chi connectivity index (χ3n) is 6.44. The van der Waals surface area contributed by atoms with E-state index in [2.05, 4.69) is 20.9 Å². The summed E-state index contributed by atoms with van der Waals surface area (Å²) in [4.78, 5) is 13.7. The van der Waals surface area contributed by atoms with Crippen molar-refractivity contribution in [2.45, 2.75) is 24.8 Å². The van der Waals surface area contributed by atoms with Crippen LogP contribution in [-0.2, 0) is 4.79 Å². The summed E-state index contributed by atoms with van der Waals surface area (Å²) in [5.74, 6) is 3.07. The molecule has 35 heavy (non-hydrogen) atoms. The first-order chi connectivity index (χ1) is 17.1. The van der Waals surface area contributed by atoms with Crippen molar-refractivity contribution in [1.29, 1.82) is 0 Å². The van der Waals surface area contributed by atoms with Crippen molar-refractivity contribution in [3.63, 3.8) is 0 Å². The molecule has 2 heterocycles. The molecule has 0 fully saturated rings. The van der Waals surface area contributed by atoms with Crippen LogP contribution in [0.4, 0.5) is 11.6 Å². The van der Waals surface area contributed by atoms with E-state index >= 15 is 0 Å². The molecule has 0 radical (unpaired) electrons. The molecule has 2 N–H and O–H groups in total. The number of carbonyl (C=O) groups excluding carboxylic acids is 1. The Hall–Kier alpha value is -4.21. The third kappa shape index (κ3) is 4.01. The highest BCUT2D eigenvalue weighted by molar-refractivity contribution is 6.01. The van der Waals surface area contributed by atoms with Crippen LogP contribution in [0.15, 0.2) is 52.3 Å². The molecule has 10 heteroatoms. The minimum absolute atomic E-state index is 0.00153. The lowest BCUT2D eigenvalue weighted by atomic mass is 9.78. The average molecular weight is 479 g/mol. The van der Waals surface area contributed by atoms with Crippen molar-refractivity contribution in [3.8, 4) is 23.0 Å². The van der Waals surface area contributed by atoms with E-state index in [1.165, 1.54) is 0 Å². The zero-order chi connectivity index (χ0) is 24.5. The van der Waals surface area contributed by atoms with Crippen LogP contribution in [0.1, 0.15) is 35.9 Å². The summed E-state index contributed by atoms with van der Waals surface area (Å²) in [5.41, 5.74) is 3.19. The molecule has 3 aromatic rings. The van der Waals surface area contributed by atoms with Crippen LogP contribution in [-0.4, -0.2) is 44.5 Å². The fourth-order valence-electron chi connectivity index (χ4n) is 4.73. The SMILES string of the molecule is COc1ccc(C2CC(=O)C3=C(C2)Nc2nonc2NC3c2cc(OC)c(OC)c(OC)c2)cc1. The summed E-state index contributed by atoms with van der Waals surface area (Å²) in [6, 6.07) is 10.9. The van der Waals surface area contributed by atoms with E-state index in [1.807, 2.05) is 36.4 Å². The van der Waals surface area contributed by atoms with Gasteiger partial charge in [-0.3, -0.25) is 4.79 Å². The second-order valence-corrected chi connectivity index (χ2v) is 8.32.